The average Bonchev–Trinajstić information content (AvgIpc) is 2.46. The Hall–Kier alpha value is -1.80. The maximum atomic E-state index is 12.4. The number of piperazine rings is 1. The van der Waals surface area contributed by atoms with E-state index in [-0.39, 0.29) is 18.2 Å². The van der Waals surface area contributed by atoms with Crippen molar-refractivity contribution in [2.24, 2.45) is 0 Å². The van der Waals surface area contributed by atoms with Gasteiger partial charge in [-0.25, -0.2) is 13.6 Å². The maximum absolute atomic E-state index is 12.4. The molecule has 1 fully saturated rings. The molecule has 0 aliphatic carbocycles. The molecule has 0 spiro atoms. The zero-order valence-electron chi connectivity index (χ0n) is 11.6. The van der Waals surface area contributed by atoms with Crippen LogP contribution in [0, 0.1) is 0 Å². The normalized spacial score (nSPS) is 19.7. The topological polar surface area (TPSA) is 74.4 Å². The third kappa shape index (κ3) is 3.85. The Morgan fingerprint density at radius 1 is 1.52 bits per heavy atom. The molecule has 2 heterocycles. The van der Waals surface area contributed by atoms with E-state index in [2.05, 4.69) is 15.0 Å². The second-order valence-corrected chi connectivity index (χ2v) is 4.81. The van der Waals surface area contributed by atoms with E-state index in [9.17, 15) is 18.4 Å². The molecule has 1 aliphatic rings. The number of pyridine rings is 1. The number of methoxy groups -OCH3 is 1. The number of hydrogen-bond acceptors (Lipinski definition) is 5. The lowest BCUT2D eigenvalue weighted by Crippen LogP contribution is -2.47. The van der Waals surface area contributed by atoms with Gasteiger partial charge in [0.1, 0.15) is 5.56 Å². The highest BCUT2D eigenvalue weighted by atomic mass is 19.3. The van der Waals surface area contributed by atoms with Gasteiger partial charge in [0.15, 0.2) is 0 Å². The first-order valence-electron chi connectivity index (χ1n) is 6.56. The molecule has 1 saturated heterocycles. The van der Waals surface area contributed by atoms with Crippen molar-refractivity contribution in [2.45, 2.75) is 12.5 Å². The summed E-state index contributed by atoms with van der Waals surface area (Å²) in [5.41, 5.74) is -0.0692. The minimum atomic E-state index is -2.38. The number of halogens is 2. The van der Waals surface area contributed by atoms with E-state index in [1.807, 2.05) is 0 Å². The number of aromatic nitrogens is 1. The van der Waals surface area contributed by atoms with Gasteiger partial charge in [0, 0.05) is 25.3 Å². The van der Waals surface area contributed by atoms with Crippen molar-refractivity contribution in [1.29, 1.82) is 0 Å². The minimum Gasteiger partial charge on any atom is -0.465 e. The third-order valence-corrected chi connectivity index (χ3v) is 3.37. The Labute approximate surface area is 120 Å². The van der Waals surface area contributed by atoms with Gasteiger partial charge in [0.2, 0.25) is 0 Å². The first-order chi connectivity index (χ1) is 10.0. The summed E-state index contributed by atoms with van der Waals surface area (Å²) in [6.45, 7) is 1.17. The highest BCUT2D eigenvalue weighted by Crippen LogP contribution is 2.15. The van der Waals surface area contributed by atoms with Crippen LogP contribution >= 0.6 is 0 Å². The lowest BCUT2D eigenvalue weighted by Gasteiger charge is -2.33. The standard InChI is InChI=1S/C13H17F2N3O3/c1-21-13(20)8-2-3-9(17-12(8)19)10-6-18(5-4-16-10)7-11(14)15/h2-3,10-11,16H,4-7H2,1H3,(H,17,19). The largest absolute Gasteiger partial charge is 0.465 e. The summed E-state index contributed by atoms with van der Waals surface area (Å²) < 4.78 is 29.3. The van der Waals surface area contributed by atoms with Crippen molar-refractivity contribution in [3.63, 3.8) is 0 Å². The Morgan fingerprint density at radius 2 is 2.29 bits per heavy atom. The van der Waals surface area contributed by atoms with Gasteiger partial charge in [-0.2, -0.15) is 0 Å². The molecule has 1 unspecified atom stereocenters. The summed E-state index contributed by atoms with van der Waals surface area (Å²) in [6.07, 6.45) is -2.38. The smallest absolute Gasteiger partial charge is 0.343 e. The predicted molar refractivity (Wildman–Crippen MR) is 71.6 cm³/mol. The fourth-order valence-electron chi connectivity index (χ4n) is 2.34. The monoisotopic (exact) mass is 301 g/mol. The Balaban J connectivity index is 2.13. The average molecular weight is 301 g/mol. The van der Waals surface area contributed by atoms with E-state index in [0.29, 0.717) is 25.3 Å². The van der Waals surface area contributed by atoms with Crippen LogP contribution in [0.15, 0.2) is 16.9 Å². The Bertz CT molecular complexity index is 562. The summed E-state index contributed by atoms with van der Waals surface area (Å²) in [4.78, 5) is 27.4. The fourth-order valence-corrected chi connectivity index (χ4v) is 2.34. The Kier molecular flexibility index (Phi) is 5.03. The van der Waals surface area contributed by atoms with Crippen molar-refractivity contribution in [2.75, 3.05) is 33.3 Å². The van der Waals surface area contributed by atoms with Crippen molar-refractivity contribution in [1.82, 2.24) is 15.2 Å². The number of nitrogens with one attached hydrogen (secondary N) is 2. The van der Waals surface area contributed by atoms with E-state index in [0.717, 1.165) is 0 Å². The zero-order chi connectivity index (χ0) is 15.4. The van der Waals surface area contributed by atoms with E-state index in [1.54, 1.807) is 11.0 Å². The molecule has 2 N–H and O–H groups in total. The number of hydrogen-bond donors (Lipinski definition) is 2. The van der Waals surface area contributed by atoms with E-state index in [1.165, 1.54) is 13.2 Å². The quantitative estimate of drug-likeness (QED) is 0.786. The van der Waals surface area contributed by atoms with E-state index in [4.69, 9.17) is 0 Å². The van der Waals surface area contributed by atoms with Crippen molar-refractivity contribution >= 4 is 5.97 Å². The van der Waals surface area contributed by atoms with Crippen LogP contribution in [0.3, 0.4) is 0 Å². The second-order valence-electron chi connectivity index (χ2n) is 4.81. The van der Waals surface area contributed by atoms with Crippen molar-refractivity contribution < 1.29 is 18.3 Å². The lowest BCUT2D eigenvalue weighted by molar-refractivity contribution is 0.0597. The van der Waals surface area contributed by atoms with Gasteiger partial charge < -0.3 is 15.0 Å². The number of nitrogens with zero attached hydrogens (tertiary/aromatic N) is 1. The van der Waals surface area contributed by atoms with Gasteiger partial charge in [-0.1, -0.05) is 0 Å². The molecule has 0 radical (unpaired) electrons. The van der Waals surface area contributed by atoms with Crippen LogP contribution in [0.1, 0.15) is 22.1 Å². The summed E-state index contributed by atoms with van der Waals surface area (Å²) in [6, 6.07) is 2.72. The molecule has 0 aromatic carbocycles. The zero-order valence-corrected chi connectivity index (χ0v) is 11.6. The van der Waals surface area contributed by atoms with Gasteiger partial charge in [-0.3, -0.25) is 9.69 Å². The fraction of sp³-hybridized carbons (Fsp3) is 0.538. The number of carbonyl (C=O) groups excluding carboxylic acids is 1. The molecule has 8 heteroatoms. The molecular weight excluding hydrogens is 284 g/mol. The van der Waals surface area contributed by atoms with Gasteiger partial charge >= 0.3 is 5.97 Å². The predicted octanol–water partition coefficient (Wildman–Crippen LogP) is 0.373. The summed E-state index contributed by atoms with van der Waals surface area (Å²) in [7, 11) is 1.20. The van der Waals surface area contributed by atoms with Gasteiger partial charge in [-0.15, -0.1) is 0 Å². The SMILES string of the molecule is COC(=O)c1ccc(C2CN(CC(F)F)CCN2)[nH]c1=O. The highest BCUT2D eigenvalue weighted by molar-refractivity contribution is 5.88. The van der Waals surface area contributed by atoms with Crippen LogP contribution in [0.2, 0.25) is 0 Å². The maximum Gasteiger partial charge on any atom is 0.343 e. The highest BCUT2D eigenvalue weighted by Gasteiger charge is 2.24. The first kappa shape index (κ1) is 15.6. The number of alkyl halides is 2. The molecule has 0 saturated carbocycles. The molecule has 6 nitrogen and oxygen atoms in total. The van der Waals surface area contributed by atoms with Crippen molar-refractivity contribution in [3.05, 3.63) is 33.7 Å². The van der Waals surface area contributed by atoms with Gasteiger partial charge in [0.25, 0.3) is 12.0 Å². The molecule has 21 heavy (non-hydrogen) atoms. The third-order valence-electron chi connectivity index (χ3n) is 3.37. The number of ether oxygens (including phenoxy) is 1. The minimum absolute atomic E-state index is 0.0819. The summed E-state index contributed by atoms with van der Waals surface area (Å²) >= 11 is 0. The van der Waals surface area contributed by atoms with Crippen LogP contribution in [-0.4, -0.2) is 55.6 Å². The summed E-state index contributed by atoms with van der Waals surface area (Å²) in [5, 5.41) is 3.16. The Morgan fingerprint density at radius 3 is 2.90 bits per heavy atom. The van der Waals surface area contributed by atoms with E-state index >= 15 is 0 Å². The summed E-state index contributed by atoms with van der Waals surface area (Å²) in [5.74, 6) is -0.710. The number of H-pyrrole nitrogens is 1. The molecule has 1 aromatic heterocycles. The molecule has 1 aromatic rings. The van der Waals surface area contributed by atoms with E-state index < -0.39 is 18.0 Å². The molecular formula is C13H17F2N3O3. The van der Waals surface area contributed by atoms with Crippen LogP contribution < -0.4 is 10.9 Å². The van der Waals surface area contributed by atoms with Crippen LogP contribution in [0.5, 0.6) is 0 Å². The molecule has 116 valence electrons. The van der Waals surface area contributed by atoms with Crippen molar-refractivity contribution in [3.8, 4) is 0 Å². The molecule has 1 aliphatic heterocycles. The number of aromatic amines is 1. The molecule has 0 bridgehead atoms. The first-order valence-corrected chi connectivity index (χ1v) is 6.56. The number of carbonyl (C=O) groups is 1. The number of esters is 1. The second kappa shape index (κ2) is 6.77. The number of rotatable bonds is 4. The van der Waals surface area contributed by atoms with Gasteiger partial charge in [-0.05, 0) is 12.1 Å². The molecule has 0 amide bonds. The van der Waals surface area contributed by atoms with Gasteiger partial charge in [0.05, 0.1) is 19.7 Å². The lowest BCUT2D eigenvalue weighted by atomic mass is 10.1. The molecule has 1 atom stereocenters. The van der Waals surface area contributed by atoms with Crippen LogP contribution in [0.25, 0.3) is 0 Å². The van der Waals surface area contributed by atoms with Crippen LogP contribution in [-0.2, 0) is 4.74 Å². The molecule has 2 rings (SSSR count). The van der Waals surface area contributed by atoms with Crippen LogP contribution in [0.4, 0.5) is 8.78 Å².